The van der Waals surface area contributed by atoms with Crippen LogP contribution in [0, 0.1) is 0 Å². The molecule has 0 aromatic rings. The van der Waals surface area contributed by atoms with Gasteiger partial charge in [0.15, 0.2) is 6.10 Å². The first-order valence-electron chi connectivity index (χ1n) is 25.8. The van der Waals surface area contributed by atoms with Gasteiger partial charge in [-0.25, -0.2) is 0 Å². The van der Waals surface area contributed by atoms with E-state index in [0.29, 0.717) is 19.4 Å². The molecule has 0 N–H and O–H groups in total. The molecule has 348 valence electrons. The van der Waals surface area contributed by atoms with Crippen molar-refractivity contribution in [2.45, 2.75) is 258 Å². The van der Waals surface area contributed by atoms with Crippen LogP contribution in [0.15, 0.2) is 60.8 Å². The van der Waals surface area contributed by atoms with Gasteiger partial charge in [0, 0.05) is 12.8 Å². The lowest BCUT2D eigenvalue weighted by Gasteiger charge is -2.18. The van der Waals surface area contributed by atoms with Gasteiger partial charge in [0.05, 0.1) is 13.2 Å². The minimum absolute atomic E-state index is 0.0591. The van der Waals surface area contributed by atoms with Crippen molar-refractivity contribution >= 4 is 11.9 Å². The summed E-state index contributed by atoms with van der Waals surface area (Å²) >= 11 is 0. The summed E-state index contributed by atoms with van der Waals surface area (Å²) in [6.07, 6.45) is 63.9. The third-order valence-corrected chi connectivity index (χ3v) is 11.1. The fourth-order valence-corrected chi connectivity index (χ4v) is 7.28. The summed E-state index contributed by atoms with van der Waals surface area (Å²) in [7, 11) is 0. The maximum Gasteiger partial charge on any atom is 0.306 e. The predicted octanol–water partition coefficient (Wildman–Crippen LogP) is 17.3. The van der Waals surface area contributed by atoms with Crippen molar-refractivity contribution in [1.82, 2.24) is 0 Å². The highest BCUT2D eigenvalue weighted by Gasteiger charge is 2.17. The van der Waals surface area contributed by atoms with Crippen molar-refractivity contribution < 1.29 is 23.8 Å². The van der Waals surface area contributed by atoms with Crippen LogP contribution in [0.1, 0.15) is 252 Å². The molecule has 0 saturated heterocycles. The number of hydrogen-bond acceptors (Lipinski definition) is 5. The molecule has 1 unspecified atom stereocenters. The molecule has 0 fully saturated rings. The molecule has 5 nitrogen and oxygen atoms in total. The minimum Gasteiger partial charge on any atom is -0.462 e. The Morgan fingerprint density at radius 3 is 1.10 bits per heavy atom. The Labute approximate surface area is 373 Å². The first-order valence-corrected chi connectivity index (χ1v) is 25.8. The van der Waals surface area contributed by atoms with E-state index < -0.39 is 6.10 Å². The summed E-state index contributed by atoms with van der Waals surface area (Å²) < 4.78 is 17.3. The fraction of sp³-hybridized carbons (Fsp3) is 0.782. The van der Waals surface area contributed by atoms with Crippen molar-refractivity contribution in [1.29, 1.82) is 0 Å². The number of carbonyl (C=O) groups is 2. The molecule has 0 spiro atoms. The zero-order valence-corrected chi connectivity index (χ0v) is 40.0. The van der Waals surface area contributed by atoms with E-state index in [4.69, 9.17) is 14.2 Å². The summed E-state index contributed by atoms with van der Waals surface area (Å²) in [6, 6.07) is 0. The highest BCUT2D eigenvalue weighted by molar-refractivity contribution is 5.70. The zero-order valence-electron chi connectivity index (χ0n) is 40.0. The predicted molar refractivity (Wildman–Crippen MR) is 261 cm³/mol. The van der Waals surface area contributed by atoms with Crippen LogP contribution in [0.5, 0.6) is 0 Å². The topological polar surface area (TPSA) is 61.8 Å². The maximum atomic E-state index is 12.8. The second kappa shape index (κ2) is 51.0. The van der Waals surface area contributed by atoms with E-state index in [2.05, 4.69) is 81.5 Å². The second-order valence-electron chi connectivity index (χ2n) is 17.1. The van der Waals surface area contributed by atoms with Gasteiger partial charge in [-0.05, 0) is 51.4 Å². The number of rotatable bonds is 47. The van der Waals surface area contributed by atoms with Gasteiger partial charge in [-0.1, -0.05) is 248 Å². The Morgan fingerprint density at radius 2 is 0.717 bits per heavy atom. The first-order chi connectivity index (χ1) is 29.6. The van der Waals surface area contributed by atoms with Gasteiger partial charge in [-0.2, -0.15) is 0 Å². The normalized spacial score (nSPS) is 12.7. The molecule has 0 aliphatic rings. The van der Waals surface area contributed by atoms with Gasteiger partial charge in [-0.3, -0.25) is 9.59 Å². The van der Waals surface area contributed by atoms with Crippen LogP contribution in [0.2, 0.25) is 0 Å². The van der Waals surface area contributed by atoms with Crippen LogP contribution in [0.25, 0.3) is 0 Å². The molecule has 0 aliphatic carbocycles. The van der Waals surface area contributed by atoms with E-state index in [9.17, 15) is 9.59 Å². The summed E-state index contributed by atoms with van der Waals surface area (Å²) in [4.78, 5) is 25.4. The van der Waals surface area contributed by atoms with Crippen LogP contribution < -0.4 is 0 Å². The van der Waals surface area contributed by atoms with E-state index >= 15 is 0 Å². The number of allylic oxidation sites excluding steroid dienone is 9. The van der Waals surface area contributed by atoms with Crippen molar-refractivity contribution in [2.75, 3.05) is 19.8 Å². The largest absolute Gasteiger partial charge is 0.462 e. The SMILES string of the molecule is CC/C=C\C/C=C\C/C=C\C/C=C\C/C=C\CCOCC(COC(=O)CCCCCCCCCCCCCCCCC)OC(=O)CCCCCCCCCCCCCCC. The summed E-state index contributed by atoms with van der Waals surface area (Å²) in [5.41, 5.74) is 0. The number of hydrogen-bond donors (Lipinski definition) is 0. The Morgan fingerprint density at radius 1 is 0.383 bits per heavy atom. The number of esters is 2. The van der Waals surface area contributed by atoms with Gasteiger partial charge < -0.3 is 14.2 Å². The van der Waals surface area contributed by atoms with Crippen molar-refractivity contribution in [3.05, 3.63) is 60.8 Å². The Hall–Kier alpha value is -2.40. The molecule has 60 heavy (non-hydrogen) atoms. The molecule has 0 bridgehead atoms. The lowest BCUT2D eigenvalue weighted by Crippen LogP contribution is -2.30. The zero-order chi connectivity index (χ0) is 43.5. The third-order valence-electron chi connectivity index (χ3n) is 11.1. The van der Waals surface area contributed by atoms with E-state index in [1.54, 1.807) is 0 Å². The maximum absolute atomic E-state index is 12.8. The molecule has 0 saturated carbocycles. The van der Waals surface area contributed by atoms with E-state index in [1.165, 1.54) is 154 Å². The minimum atomic E-state index is -0.571. The molecule has 0 amide bonds. The number of unbranched alkanes of at least 4 members (excludes halogenated alkanes) is 26. The van der Waals surface area contributed by atoms with Gasteiger partial charge >= 0.3 is 11.9 Å². The van der Waals surface area contributed by atoms with E-state index in [-0.39, 0.29) is 25.2 Å². The highest BCUT2D eigenvalue weighted by atomic mass is 16.6. The van der Waals surface area contributed by atoms with Gasteiger partial charge in [0.25, 0.3) is 0 Å². The fourth-order valence-electron chi connectivity index (χ4n) is 7.28. The van der Waals surface area contributed by atoms with Gasteiger partial charge in [-0.15, -0.1) is 0 Å². The average Bonchev–Trinajstić information content (AvgIpc) is 3.25. The molecule has 0 aromatic carbocycles. The molecule has 0 aromatic heterocycles. The highest BCUT2D eigenvalue weighted by Crippen LogP contribution is 2.16. The van der Waals surface area contributed by atoms with Crippen LogP contribution >= 0.6 is 0 Å². The molecular weight excluding hydrogens is 741 g/mol. The van der Waals surface area contributed by atoms with Gasteiger partial charge in [0.2, 0.25) is 0 Å². The van der Waals surface area contributed by atoms with Crippen LogP contribution in [0.3, 0.4) is 0 Å². The Balaban J connectivity index is 4.34. The summed E-state index contributed by atoms with van der Waals surface area (Å²) in [5, 5.41) is 0. The molecule has 0 aliphatic heterocycles. The summed E-state index contributed by atoms with van der Waals surface area (Å²) in [5.74, 6) is -0.427. The lowest BCUT2D eigenvalue weighted by atomic mass is 10.0. The molecule has 1 atom stereocenters. The lowest BCUT2D eigenvalue weighted by molar-refractivity contribution is -0.162. The number of ether oxygens (including phenoxy) is 3. The molecular formula is C55H98O5. The van der Waals surface area contributed by atoms with Crippen molar-refractivity contribution in [3.63, 3.8) is 0 Å². The monoisotopic (exact) mass is 839 g/mol. The van der Waals surface area contributed by atoms with Crippen molar-refractivity contribution in [3.8, 4) is 0 Å². The van der Waals surface area contributed by atoms with Crippen LogP contribution in [-0.2, 0) is 23.8 Å². The quantitative estimate of drug-likeness (QED) is 0.0347. The molecule has 0 heterocycles. The third kappa shape index (κ3) is 48.3. The van der Waals surface area contributed by atoms with Crippen LogP contribution in [-0.4, -0.2) is 37.9 Å². The Kier molecular flexibility index (Phi) is 48.9. The standard InChI is InChI=1S/C55H98O5/c1-4-7-10-13-16-19-22-25-27-29-32-35-38-41-44-47-50-58-51-53(60-55(57)49-46-43-40-37-34-30-24-21-18-15-12-9-6-3)52-59-54(56)48-45-42-39-36-33-31-28-26-23-20-17-14-11-8-5-2/h7,10,16,19,25,27,32,35,41,44,53H,4-6,8-9,11-15,17-18,20-24,26,28-31,33-34,36-40,42-43,45-52H2,1-3H3/b10-7-,19-16-,27-25-,35-32-,44-41-. The van der Waals surface area contributed by atoms with Crippen LogP contribution in [0.4, 0.5) is 0 Å². The first kappa shape index (κ1) is 57.6. The van der Waals surface area contributed by atoms with Gasteiger partial charge in [0.1, 0.15) is 6.61 Å². The van der Waals surface area contributed by atoms with E-state index in [0.717, 1.165) is 64.2 Å². The molecule has 0 radical (unpaired) electrons. The Bertz CT molecular complexity index is 1040. The van der Waals surface area contributed by atoms with E-state index in [1.807, 2.05) is 0 Å². The molecule has 0 rings (SSSR count). The number of carbonyl (C=O) groups excluding carboxylic acids is 2. The smallest absolute Gasteiger partial charge is 0.306 e. The van der Waals surface area contributed by atoms with Crippen molar-refractivity contribution in [2.24, 2.45) is 0 Å². The second-order valence-corrected chi connectivity index (χ2v) is 17.1. The summed E-state index contributed by atoms with van der Waals surface area (Å²) in [6.45, 7) is 7.54. The average molecular weight is 839 g/mol. The molecule has 5 heteroatoms.